The first-order valence-corrected chi connectivity index (χ1v) is 12.8. The molecule has 186 valence electrons. The quantitative estimate of drug-likeness (QED) is 0.218. The fourth-order valence-corrected chi connectivity index (χ4v) is 5.01. The maximum Gasteiger partial charge on any atom is 0.155 e. The van der Waals surface area contributed by atoms with Crippen LogP contribution in [0.3, 0.4) is 0 Å². The van der Waals surface area contributed by atoms with Gasteiger partial charge in [-0.05, 0) is 48.4 Å². The highest BCUT2D eigenvalue weighted by molar-refractivity contribution is 7.13. The lowest BCUT2D eigenvalue weighted by Gasteiger charge is -2.08. The van der Waals surface area contributed by atoms with Crippen LogP contribution in [0.25, 0.3) is 38.6 Å². The van der Waals surface area contributed by atoms with Gasteiger partial charge in [-0.3, -0.25) is 0 Å². The average molecular weight is 512 g/mol. The van der Waals surface area contributed by atoms with Crippen molar-refractivity contribution in [3.8, 4) is 39.3 Å². The smallest absolute Gasteiger partial charge is 0.155 e. The summed E-state index contributed by atoms with van der Waals surface area (Å²) in [5, 5.41) is 3.80. The molecule has 0 spiro atoms. The van der Waals surface area contributed by atoms with Crippen molar-refractivity contribution >= 4 is 28.0 Å². The average Bonchev–Trinajstić information content (AvgIpc) is 3.69. The molecule has 0 atom stereocenters. The van der Waals surface area contributed by atoms with E-state index in [0.29, 0.717) is 29.4 Å². The molecule has 0 saturated carbocycles. The van der Waals surface area contributed by atoms with Crippen molar-refractivity contribution in [3.05, 3.63) is 83.6 Å². The molecule has 6 aromatic rings. The third-order valence-corrected chi connectivity index (χ3v) is 7.19. The largest absolute Gasteiger partial charge is 0.497 e. The van der Waals surface area contributed by atoms with Gasteiger partial charge < -0.3 is 23.0 Å². The van der Waals surface area contributed by atoms with Crippen LogP contribution in [0.15, 0.2) is 76.8 Å². The third-order valence-electron chi connectivity index (χ3n) is 6.25. The van der Waals surface area contributed by atoms with Gasteiger partial charge in [-0.25, -0.2) is 9.97 Å². The fraction of sp³-hybridized carbons (Fsp3) is 0.172. The molecule has 0 aliphatic rings. The van der Waals surface area contributed by atoms with Crippen molar-refractivity contribution in [3.63, 3.8) is 0 Å². The van der Waals surface area contributed by atoms with Gasteiger partial charge in [0.25, 0.3) is 0 Å². The third kappa shape index (κ3) is 4.51. The molecular weight excluding hydrogens is 486 g/mol. The van der Waals surface area contributed by atoms with E-state index in [1.807, 2.05) is 64.5 Å². The SMILES string of the molecule is CCc1ccc2nc(-c3cc4c(OCc5csc(-c6ccc(OC)cc6)n5)cc(OC)cc4o3)cn2c1. The highest BCUT2D eigenvalue weighted by Gasteiger charge is 2.16. The Morgan fingerprint density at radius 3 is 2.54 bits per heavy atom. The second-order valence-electron chi connectivity index (χ2n) is 8.59. The second-order valence-corrected chi connectivity index (χ2v) is 9.45. The van der Waals surface area contributed by atoms with E-state index < -0.39 is 0 Å². The summed E-state index contributed by atoms with van der Waals surface area (Å²) in [6.45, 7) is 2.46. The number of aryl methyl sites for hydroxylation is 1. The summed E-state index contributed by atoms with van der Waals surface area (Å²) < 4.78 is 25.2. The van der Waals surface area contributed by atoms with Crippen LogP contribution in [0.1, 0.15) is 18.2 Å². The predicted octanol–water partition coefficient (Wildman–Crippen LogP) is 7.03. The zero-order valence-corrected chi connectivity index (χ0v) is 21.5. The van der Waals surface area contributed by atoms with Crippen molar-refractivity contribution in [1.29, 1.82) is 0 Å². The zero-order valence-electron chi connectivity index (χ0n) is 20.7. The Bertz CT molecular complexity index is 1700. The van der Waals surface area contributed by atoms with Gasteiger partial charge in [0, 0.05) is 35.5 Å². The van der Waals surface area contributed by atoms with Crippen LogP contribution in [-0.2, 0) is 13.0 Å². The lowest BCUT2D eigenvalue weighted by Crippen LogP contribution is -1.97. The highest BCUT2D eigenvalue weighted by atomic mass is 32.1. The van der Waals surface area contributed by atoms with Crippen LogP contribution in [0.5, 0.6) is 17.2 Å². The van der Waals surface area contributed by atoms with Gasteiger partial charge in [0.2, 0.25) is 0 Å². The summed E-state index contributed by atoms with van der Waals surface area (Å²) in [6.07, 6.45) is 5.05. The maximum absolute atomic E-state index is 6.23. The number of rotatable bonds is 8. The van der Waals surface area contributed by atoms with Gasteiger partial charge in [-0.2, -0.15) is 0 Å². The number of pyridine rings is 1. The summed E-state index contributed by atoms with van der Waals surface area (Å²) in [6, 6.07) is 17.7. The molecule has 7 nitrogen and oxygen atoms in total. The lowest BCUT2D eigenvalue weighted by atomic mass is 10.2. The minimum Gasteiger partial charge on any atom is -0.497 e. The van der Waals surface area contributed by atoms with Gasteiger partial charge in [-0.15, -0.1) is 11.3 Å². The fourth-order valence-electron chi connectivity index (χ4n) is 4.20. The van der Waals surface area contributed by atoms with Gasteiger partial charge in [-0.1, -0.05) is 13.0 Å². The first kappa shape index (κ1) is 23.1. The van der Waals surface area contributed by atoms with E-state index in [1.165, 1.54) is 5.56 Å². The van der Waals surface area contributed by atoms with E-state index in [0.717, 1.165) is 45.2 Å². The Labute approximate surface area is 217 Å². The minimum atomic E-state index is 0.323. The van der Waals surface area contributed by atoms with Crippen LogP contribution >= 0.6 is 11.3 Å². The number of hydrogen-bond acceptors (Lipinski definition) is 7. The van der Waals surface area contributed by atoms with Crippen molar-refractivity contribution in [1.82, 2.24) is 14.4 Å². The Morgan fingerprint density at radius 1 is 0.919 bits per heavy atom. The van der Waals surface area contributed by atoms with Gasteiger partial charge in [0.15, 0.2) is 5.76 Å². The zero-order chi connectivity index (χ0) is 25.4. The molecule has 0 aliphatic carbocycles. The Balaban J connectivity index is 1.28. The number of methoxy groups -OCH3 is 2. The van der Waals surface area contributed by atoms with E-state index in [2.05, 4.69) is 19.2 Å². The summed E-state index contributed by atoms with van der Waals surface area (Å²) >= 11 is 1.58. The van der Waals surface area contributed by atoms with Crippen LogP contribution < -0.4 is 14.2 Å². The molecule has 0 N–H and O–H groups in total. The van der Waals surface area contributed by atoms with Crippen LogP contribution in [-0.4, -0.2) is 28.6 Å². The molecule has 6 rings (SSSR count). The highest BCUT2D eigenvalue weighted by Crippen LogP contribution is 2.37. The number of aromatic nitrogens is 3. The Kier molecular flexibility index (Phi) is 6.02. The number of benzene rings is 2. The molecule has 8 heteroatoms. The van der Waals surface area contributed by atoms with E-state index in [-0.39, 0.29) is 0 Å². The number of ether oxygens (including phenoxy) is 3. The van der Waals surface area contributed by atoms with Crippen molar-refractivity contribution in [2.45, 2.75) is 20.0 Å². The molecule has 2 aromatic carbocycles. The Hall–Kier alpha value is -4.30. The van der Waals surface area contributed by atoms with Crippen LogP contribution in [0.2, 0.25) is 0 Å². The van der Waals surface area contributed by atoms with Gasteiger partial charge >= 0.3 is 0 Å². The number of fused-ring (bicyclic) bond motifs is 2. The summed E-state index contributed by atoms with van der Waals surface area (Å²) in [4.78, 5) is 9.49. The molecule has 4 aromatic heterocycles. The first-order chi connectivity index (χ1) is 18.1. The number of thiazole rings is 1. The van der Waals surface area contributed by atoms with E-state index in [9.17, 15) is 0 Å². The predicted molar refractivity (Wildman–Crippen MR) is 145 cm³/mol. The molecule has 0 amide bonds. The number of nitrogens with zero attached hydrogens (tertiary/aromatic N) is 3. The standard InChI is InChI=1S/C29H25N3O4S/c1-4-18-5-10-28-31-24(15-32(28)14-18)27-13-23-25(11-22(34-3)12-26(23)36-27)35-16-20-17-37-29(30-20)19-6-8-21(33-2)9-7-19/h5-15,17H,4,16H2,1-3H3. The Morgan fingerprint density at radius 2 is 1.76 bits per heavy atom. The monoisotopic (exact) mass is 511 g/mol. The van der Waals surface area contributed by atoms with E-state index in [4.69, 9.17) is 28.6 Å². The second kappa shape index (κ2) is 9.63. The molecule has 4 heterocycles. The molecule has 0 saturated heterocycles. The first-order valence-electron chi connectivity index (χ1n) is 11.9. The number of imidazole rings is 1. The molecule has 0 fully saturated rings. The van der Waals surface area contributed by atoms with E-state index in [1.54, 1.807) is 25.6 Å². The number of hydrogen-bond donors (Lipinski definition) is 0. The van der Waals surface area contributed by atoms with Crippen LogP contribution in [0.4, 0.5) is 0 Å². The summed E-state index contributed by atoms with van der Waals surface area (Å²) in [5.41, 5.74) is 5.45. The number of furan rings is 1. The minimum absolute atomic E-state index is 0.323. The van der Waals surface area contributed by atoms with Gasteiger partial charge in [0.05, 0.1) is 25.3 Å². The summed E-state index contributed by atoms with van der Waals surface area (Å²) in [5.74, 6) is 2.81. The molecule has 0 bridgehead atoms. The van der Waals surface area contributed by atoms with Gasteiger partial charge in [0.1, 0.15) is 45.8 Å². The topological polar surface area (TPSA) is 71.0 Å². The molecule has 37 heavy (non-hydrogen) atoms. The van der Waals surface area contributed by atoms with Crippen LogP contribution in [0, 0.1) is 0 Å². The maximum atomic E-state index is 6.23. The van der Waals surface area contributed by atoms with E-state index >= 15 is 0 Å². The summed E-state index contributed by atoms with van der Waals surface area (Å²) in [7, 11) is 3.29. The molecule has 0 radical (unpaired) electrons. The van der Waals surface area contributed by atoms with Crippen molar-refractivity contribution in [2.75, 3.05) is 14.2 Å². The normalized spacial score (nSPS) is 11.3. The van der Waals surface area contributed by atoms with Crippen molar-refractivity contribution in [2.24, 2.45) is 0 Å². The molecular formula is C29H25N3O4S. The lowest BCUT2D eigenvalue weighted by molar-refractivity contribution is 0.303. The van der Waals surface area contributed by atoms with Crippen molar-refractivity contribution < 1.29 is 18.6 Å². The molecule has 0 unspecified atom stereocenters. The molecule has 0 aliphatic heterocycles.